The van der Waals surface area contributed by atoms with Crippen LogP contribution < -0.4 is 5.73 Å². The number of hydrogen-bond acceptors (Lipinski definition) is 3. The van der Waals surface area contributed by atoms with Gasteiger partial charge in [0.05, 0.1) is 17.8 Å². The van der Waals surface area contributed by atoms with E-state index >= 15 is 0 Å². The summed E-state index contributed by atoms with van der Waals surface area (Å²) in [5.41, 5.74) is 9.38. The van der Waals surface area contributed by atoms with Crippen LogP contribution in [0.3, 0.4) is 0 Å². The van der Waals surface area contributed by atoms with E-state index < -0.39 is 0 Å². The Balaban J connectivity index is 1.71. The zero-order valence-corrected chi connectivity index (χ0v) is 16.8. The Labute approximate surface area is 171 Å². The number of amides is 1. The molecule has 29 heavy (non-hydrogen) atoms. The van der Waals surface area contributed by atoms with Crippen LogP contribution in [0.1, 0.15) is 30.1 Å². The van der Waals surface area contributed by atoms with Crippen LogP contribution in [0.2, 0.25) is 0 Å². The third kappa shape index (κ3) is 3.70. The van der Waals surface area contributed by atoms with Gasteiger partial charge in [0, 0.05) is 23.4 Å². The number of benzene rings is 2. The monoisotopic (exact) mass is 389 g/mol. The van der Waals surface area contributed by atoms with Gasteiger partial charge in [0.2, 0.25) is 5.91 Å². The average Bonchev–Trinajstić information content (AvgIpc) is 3.09. The number of rotatable bonds is 6. The summed E-state index contributed by atoms with van der Waals surface area (Å²) in [6, 6.07) is 18.3. The Morgan fingerprint density at radius 2 is 1.66 bits per heavy atom. The number of nitrogens with two attached hydrogens (primary N) is 1. The fraction of sp³-hybridized carbons (Fsp3) is 0.333. The molecule has 0 radical (unpaired) electrons. The van der Waals surface area contributed by atoms with Crippen molar-refractivity contribution in [2.75, 3.05) is 19.6 Å². The van der Waals surface area contributed by atoms with Gasteiger partial charge in [-0.2, -0.15) is 0 Å². The number of aryl methyl sites for hydroxylation is 1. The molecule has 1 aromatic heterocycles. The minimum atomic E-state index is -0.228. The number of carbonyl (C=O) groups is 2. The Morgan fingerprint density at radius 3 is 2.31 bits per heavy atom. The van der Waals surface area contributed by atoms with Crippen LogP contribution in [-0.2, 0) is 11.3 Å². The number of piperidine rings is 1. The molecule has 5 nitrogen and oxygen atoms in total. The number of aromatic nitrogens is 1. The number of Topliss-reactive ketones (excluding diaryl/α,β-unsaturated/α-hetero) is 1. The van der Waals surface area contributed by atoms with Crippen molar-refractivity contribution in [1.29, 1.82) is 0 Å². The lowest BCUT2D eigenvalue weighted by Gasteiger charge is -2.29. The summed E-state index contributed by atoms with van der Waals surface area (Å²) in [5, 5.41) is 1.00. The normalized spacial score (nSPS) is 15.6. The van der Waals surface area contributed by atoms with Gasteiger partial charge >= 0.3 is 0 Å². The van der Waals surface area contributed by atoms with E-state index in [2.05, 4.69) is 34.6 Å². The summed E-state index contributed by atoms with van der Waals surface area (Å²) in [7, 11) is 0. The Bertz CT molecular complexity index is 1030. The topological polar surface area (TPSA) is 68.3 Å². The van der Waals surface area contributed by atoms with E-state index in [0.29, 0.717) is 6.54 Å². The summed E-state index contributed by atoms with van der Waals surface area (Å²) >= 11 is 0. The van der Waals surface area contributed by atoms with Crippen molar-refractivity contribution in [2.24, 2.45) is 11.7 Å². The molecule has 4 rings (SSSR count). The van der Waals surface area contributed by atoms with E-state index in [1.807, 2.05) is 36.4 Å². The molecule has 1 saturated heterocycles. The highest BCUT2D eigenvalue weighted by Gasteiger charge is 2.27. The minimum Gasteiger partial charge on any atom is -0.369 e. The van der Waals surface area contributed by atoms with E-state index in [1.165, 1.54) is 0 Å². The smallest absolute Gasteiger partial charge is 0.220 e. The van der Waals surface area contributed by atoms with Crippen molar-refractivity contribution in [3.8, 4) is 11.3 Å². The van der Waals surface area contributed by atoms with Gasteiger partial charge in [-0.3, -0.25) is 14.5 Å². The lowest BCUT2D eigenvalue weighted by Crippen LogP contribution is -2.40. The molecule has 2 aromatic carbocycles. The molecule has 5 heteroatoms. The molecule has 1 aliphatic heterocycles. The Kier molecular flexibility index (Phi) is 5.49. The second-order valence-electron chi connectivity index (χ2n) is 7.73. The lowest BCUT2D eigenvalue weighted by molar-refractivity contribution is -0.123. The molecule has 1 amide bonds. The Hall–Kier alpha value is -2.92. The second kappa shape index (κ2) is 8.21. The molecule has 2 heterocycles. The SMILES string of the molecule is CCn1c(-c2ccccc2)c(C(=O)CN2CCC(C(N)=O)CC2)c2ccccc21. The molecular weight excluding hydrogens is 362 g/mol. The predicted molar refractivity (Wildman–Crippen MR) is 116 cm³/mol. The van der Waals surface area contributed by atoms with Crippen LogP contribution in [0.15, 0.2) is 54.6 Å². The highest BCUT2D eigenvalue weighted by atomic mass is 16.1. The minimum absolute atomic E-state index is 0.0664. The summed E-state index contributed by atoms with van der Waals surface area (Å²) in [6.45, 7) is 4.73. The van der Waals surface area contributed by atoms with Crippen molar-refractivity contribution in [1.82, 2.24) is 9.47 Å². The van der Waals surface area contributed by atoms with Crippen LogP contribution >= 0.6 is 0 Å². The zero-order chi connectivity index (χ0) is 20.4. The van der Waals surface area contributed by atoms with Gasteiger partial charge in [-0.05, 0) is 44.5 Å². The average molecular weight is 389 g/mol. The first-order valence-electron chi connectivity index (χ1n) is 10.3. The van der Waals surface area contributed by atoms with Crippen LogP contribution in [0.4, 0.5) is 0 Å². The predicted octanol–water partition coefficient (Wildman–Crippen LogP) is 3.71. The van der Waals surface area contributed by atoms with Crippen molar-refractivity contribution < 1.29 is 9.59 Å². The fourth-order valence-electron chi connectivity index (χ4n) is 4.47. The molecule has 0 unspecified atom stereocenters. The zero-order valence-electron chi connectivity index (χ0n) is 16.8. The van der Waals surface area contributed by atoms with Gasteiger partial charge in [0.25, 0.3) is 0 Å². The van der Waals surface area contributed by atoms with Crippen molar-refractivity contribution >= 4 is 22.6 Å². The standard InChI is InChI=1S/C24H27N3O2/c1-2-27-20-11-7-6-10-19(20)22(23(27)17-8-4-3-5-9-17)21(28)16-26-14-12-18(13-15-26)24(25)29/h3-11,18H,2,12-16H2,1H3,(H2,25,29). The van der Waals surface area contributed by atoms with Crippen LogP contribution in [0.5, 0.6) is 0 Å². The molecule has 0 atom stereocenters. The first-order chi connectivity index (χ1) is 14.1. The third-order valence-corrected chi connectivity index (χ3v) is 5.97. The number of carbonyl (C=O) groups excluding carboxylic acids is 2. The summed E-state index contributed by atoms with van der Waals surface area (Å²) < 4.78 is 2.23. The molecule has 1 fully saturated rings. The van der Waals surface area contributed by atoms with Crippen molar-refractivity contribution in [2.45, 2.75) is 26.3 Å². The fourth-order valence-corrected chi connectivity index (χ4v) is 4.47. The molecule has 2 N–H and O–H groups in total. The quantitative estimate of drug-likeness (QED) is 0.654. The maximum atomic E-state index is 13.5. The third-order valence-electron chi connectivity index (χ3n) is 5.97. The van der Waals surface area contributed by atoms with Gasteiger partial charge in [-0.15, -0.1) is 0 Å². The molecule has 0 spiro atoms. The molecule has 3 aromatic rings. The van der Waals surface area contributed by atoms with Gasteiger partial charge in [0.1, 0.15) is 0 Å². The summed E-state index contributed by atoms with van der Waals surface area (Å²) in [4.78, 5) is 27.1. The van der Waals surface area contributed by atoms with E-state index in [9.17, 15) is 9.59 Å². The van der Waals surface area contributed by atoms with Crippen LogP contribution in [0.25, 0.3) is 22.2 Å². The van der Waals surface area contributed by atoms with Crippen LogP contribution in [-0.4, -0.2) is 40.8 Å². The first-order valence-corrected chi connectivity index (χ1v) is 10.3. The number of primary amides is 1. The molecule has 0 bridgehead atoms. The molecule has 0 saturated carbocycles. The first kappa shape index (κ1) is 19.4. The summed E-state index contributed by atoms with van der Waals surface area (Å²) in [6.07, 6.45) is 1.45. The Morgan fingerprint density at radius 1 is 1.00 bits per heavy atom. The maximum absolute atomic E-state index is 13.5. The van der Waals surface area contributed by atoms with Crippen molar-refractivity contribution in [3.63, 3.8) is 0 Å². The van der Waals surface area contributed by atoms with Gasteiger partial charge in [0.15, 0.2) is 5.78 Å². The number of fused-ring (bicyclic) bond motifs is 1. The molecule has 0 aliphatic carbocycles. The van der Waals surface area contributed by atoms with E-state index in [1.54, 1.807) is 0 Å². The molecule has 1 aliphatic rings. The summed E-state index contributed by atoms with van der Waals surface area (Å²) in [5.74, 6) is -0.165. The number of hydrogen-bond donors (Lipinski definition) is 1. The maximum Gasteiger partial charge on any atom is 0.220 e. The highest BCUT2D eigenvalue weighted by Crippen LogP contribution is 2.34. The number of ketones is 1. The van der Waals surface area contributed by atoms with Gasteiger partial charge in [-0.1, -0.05) is 48.5 Å². The van der Waals surface area contributed by atoms with Gasteiger partial charge < -0.3 is 10.3 Å². The number of likely N-dealkylation sites (tertiary alicyclic amines) is 1. The van der Waals surface area contributed by atoms with E-state index in [0.717, 1.165) is 60.2 Å². The van der Waals surface area contributed by atoms with E-state index in [-0.39, 0.29) is 17.6 Å². The molecule has 150 valence electrons. The van der Waals surface area contributed by atoms with Crippen molar-refractivity contribution in [3.05, 3.63) is 60.2 Å². The number of para-hydroxylation sites is 1. The van der Waals surface area contributed by atoms with Crippen LogP contribution in [0, 0.1) is 5.92 Å². The second-order valence-corrected chi connectivity index (χ2v) is 7.73. The van der Waals surface area contributed by atoms with E-state index in [4.69, 9.17) is 5.73 Å². The number of nitrogens with zero attached hydrogens (tertiary/aromatic N) is 2. The lowest BCUT2D eigenvalue weighted by atomic mass is 9.95. The van der Waals surface area contributed by atoms with Gasteiger partial charge in [-0.25, -0.2) is 0 Å². The largest absolute Gasteiger partial charge is 0.369 e. The molecular formula is C24H27N3O2. The highest BCUT2D eigenvalue weighted by molar-refractivity contribution is 6.14.